The number of piperidine rings is 1. The van der Waals surface area contributed by atoms with Crippen LogP contribution in [0, 0.1) is 23.2 Å². The van der Waals surface area contributed by atoms with Crippen molar-refractivity contribution in [1.82, 2.24) is 0 Å². The van der Waals surface area contributed by atoms with E-state index in [1.807, 2.05) is 0 Å². The number of aliphatic hydroxyl groups excluding tert-OH is 1. The summed E-state index contributed by atoms with van der Waals surface area (Å²) < 4.78 is 78.6. The van der Waals surface area contributed by atoms with Crippen molar-refractivity contribution in [3.05, 3.63) is 29.3 Å². The predicted molar refractivity (Wildman–Crippen MR) is 82.3 cm³/mol. The van der Waals surface area contributed by atoms with E-state index in [4.69, 9.17) is 5.26 Å². The molecule has 0 radical (unpaired) electrons. The Labute approximate surface area is 146 Å². The molecule has 2 rings (SSSR count). The lowest BCUT2D eigenvalue weighted by Crippen LogP contribution is -2.56. The monoisotopic (exact) mass is 380 g/mol. The summed E-state index contributed by atoms with van der Waals surface area (Å²) in [6, 6.07) is 2.85. The van der Waals surface area contributed by atoms with Crippen LogP contribution in [0.3, 0.4) is 0 Å². The Kier molecular flexibility index (Phi) is 5.47. The zero-order valence-electron chi connectivity index (χ0n) is 14.1. The summed E-state index contributed by atoms with van der Waals surface area (Å²) in [4.78, 5) is 1.17. The molecule has 9 heteroatoms. The maximum Gasteiger partial charge on any atom is 0.417 e. The van der Waals surface area contributed by atoms with E-state index in [0.717, 1.165) is 6.07 Å². The first-order chi connectivity index (χ1) is 11.9. The molecule has 26 heavy (non-hydrogen) atoms. The second kappa shape index (κ2) is 6.99. The highest BCUT2D eigenvalue weighted by Gasteiger charge is 2.48. The van der Waals surface area contributed by atoms with E-state index in [2.05, 4.69) is 0 Å². The van der Waals surface area contributed by atoms with Crippen LogP contribution in [0.4, 0.5) is 32.0 Å². The number of halogens is 6. The third kappa shape index (κ3) is 4.06. The Balaban J connectivity index is 2.50. The van der Waals surface area contributed by atoms with Gasteiger partial charge in [0.05, 0.1) is 23.2 Å². The zero-order valence-corrected chi connectivity index (χ0v) is 14.1. The molecule has 0 bridgehead atoms. The van der Waals surface area contributed by atoms with Gasteiger partial charge in [-0.3, -0.25) is 0 Å². The van der Waals surface area contributed by atoms with Crippen molar-refractivity contribution >= 4 is 5.69 Å². The summed E-state index contributed by atoms with van der Waals surface area (Å²) in [5.41, 5.74) is -1.90. The number of hydrogen-bond acceptors (Lipinski definition) is 3. The molecule has 1 aliphatic heterocycles. The second-order valence-corrected chi connectivity index (χ2v) is 6.74. The van der Waals surface area contributed by atoms with E-state index in [9.17, 15) is 31.4 Å². The normalized spacial score (nSPS) is 25.7. The molecular formula is C17H18F6N2O. The van der Waals surface area contributed by atoms with Crippen molar-refractivity contribution in [2.45, 2.75) is 44.8 Å². The number of benzene rings is 1. The van der Waals surface area contributed by atoms with Crippen LogP contribution in [-0.2, 0) is 6.18 Å². The Bertz CT molecular complexity index is 694. The minimum absolute atomic E-state index is 0.0107. The molecule has 1 heterocycles. The van der Waals surface area contributed by atoms with Crippen LogP contribution in [0.2, 0.25) is 0 Å². The average molecular weight is 380 g/mol. The van der Waals surface area contributed by atoms with Gasteiger partial charge < -0.3 is 10.0 Å². The lowest BCUT2D eigenvalue weighted by Gasteiger charge is -2.45. The standard InChI is InChI=1S/C17H18F6N2O/c1-9-5-14(15(26)17(21,22)23)25(8-10(9)2)12-4-3-11(7-24)13(6-12)16(18,19)20/h3-4,6,9-10,14-15,26H,5,8H2,1-2H3/t9-,10+,14-,15-/m1/s1. The van der Waals surface area contributed by atoms with Gasteiger partial charge in [0.1, 0.15) is 0 Å². The molecule has 0 amide bonds. The number of alkyl halides is 6. The first-order valence-electron chi connectivity index (χ1n) is 7.99. The summed E-state index contributed by atoms with van der Waals surface area (Å²) in [6.07, 6.45) is -12.4. The van der Waals surface area contributed by atoms with Gasteiger partial charge in [0.15, 0.2) is 6.10 Å². The van der Waals surface area contributed by atoms with Gasteiger partial charge in [-0.1, -0.05) is 13.8 Å². The molecule has 1 N–H and O–H groups in total. The van der Waals surface area contributed by atoms with Gasteiger partial charge in [0, 0.05) is 12.2 Å². The molecule has 0 saturated carbocycles. The van der Waals surface area contributed by atoms with E-state index < -0.39 is 35.6 Å². The lowest BCUT2D eigenvalue weighted by atomic mass is 9.82. The minimum atomic E-state index is -4.89. The molecule has 1 aromatic carbocycles. The Morgan fingerprint density at radius 1 is 1.15 bits per heavy atom. The fraction of sp³-hybridized carbons (Fsp3) is 0.588. The molecule has 144 valence electrons. The molecule has 0 aliphatic carbocycles. The van der Waals surface area contributed by atoms with Crippen LogP contribution in [0.15, 0.2) is 18.2 Å². The Hall–Kier alpha value is -1.95. The smallest absolute Gasteiger partial charge is 0.382 e. The van der Waals surface area contributed by atoms with E-state index in [1.54, 1.807) is 13.8 Å². The maximum absolute atomic E-state index is 13.2. The molecular weight excluding hydrogens is 362 g/mol. The van der Waals surface area contributed by atoms with Crippen LogP contribution >= 0.6 is 0 Å². The van der Waals surface area contributed by atoms with Crippen LogP contribution in [-0.4, -0.2) is 30.0 Å². The van der Waals surface area contributed by atoms with Gasteiger partial charge in [-0.25, -0.2) is 0 Å². The van der Waals surface area contributed by atoms with Gasteiger partial charge in [-0.15, -0.1) is 0 Å². The van der Waals surface area contributed by atoms with E-state index >= 15 is 0 Å². The van der Waals surface area contributed by atoms with Crippen LogP contribution in [0.5, 0.6) is 0 Å². The Morgan fingerprint density at radius 2 is 1.77 bits per heavy atom. The third-order valence-electron chi connectivity index (χ3n) is 4.93. The first-order valence-corrected chi connectivity index (χ1v) is 7.99. The molecule has 4 atom stereocenters. The molecule has 0 unspecified atom stereocenters. The molecule has 1 aliphatic rings. The maximum atomic E-state index is 13.2. The van der Waals surface area contributed by atoms with Crippen molar-refractivity contribution < 1.29 is 31.4 Å². The fourth-order valence-corrected chi connectivity index (χ4v) is 3.22. The van der Waals surface area contributed by atoms with Gasteiger partial charge in [0.25, 0.3) is 0 Å². The second-order valence-electron chi connectivity index (χ2n) is 6.74. The van der Waals surface area contributed by atoms with Crippen molar-refractivity contribution in [2.24, 2.45) is 11.8 Å². The molecule has 1 aromatic rings. The number of rotatable bonds is 2. The molecule has 3 nitrogen and oxygen atoms in total. The predicted octanol–water partition coefficient (Wildman–Crippen LogP) is 4.35. The largest absolute Gasteiger partial charge is 0.417 e. The van der Waals surface area contributed by atoms with Crippen molar-refractivity contribution in [2.75, 3.05) is 11.4 Å². The highest BCUT2D eigenvalue weighted by Crippen LogP contribution is 2.40. The topological polar surface area (TPSA) is 47.3 Å². The molecule has 1 saturated heterocycles. The van der Waals surface area contributed by atoms with Gasteiger partial charge >= 0.3 is 12.4 Å². The highest BCUT2D eigenvalue weighted by molar-refractivity contribution is 5.56. The third-order valence-corrected chi connectivity index (χ3v) is 4.93. The minimum Gasteiger partial charge on any atom is -0.382 e. The number of nitriles is 1. The fourth-order valence-electron chi connectivity index (χ4n) is 3.22. The summed E-state index contributed by atoms with van der Waals surface area (Å²) in [7, 11) is 0. The number of anilines is 1. The van der Waals surface area contributed by atoms with E-state index in [1.165, 1.54) is 17.0 Å². The molecule has 0 aromatic heterocycles. The van der Waals surface area contributed by atoms with Gasteiger partial charge in [-0.05, 0) is 36.5 Å². The van der Waals surface area contributed by atoms with Crippen LogP contribution in [0.25, 0.3) is 0 Å². The van der Waals surface area contributed by atoms with Crippen molar-refractivity contribution in [1.29, 1.82) is 5.26 Å². The van der Waals surface area contributed by atoms with E-state index in [-0.39, 0.29) is 30.5 Å². The molecule has 1 fully saturated rings. The number of nitrogens with zero attached hydrogens (tertiary/aromatic N) is 2. The number of aliphatic hydroxyl groups is 1. The summed E-state index contributed by atoms with van der Waals surface area (Å²) in [6.45, 7) is 3.61. The summed E-state index contributed by atoms with van der Waals surface area (Å²) >= 11 is 0. The Morgan fingerprint density at radius 3 is 2.27 bits per heavy atom. The van der Waals surface area contributed by atoms with Gasteiger partial charge in [-0.2, -0.15) is 31.6 Å². The lowest BCUT2D eigenvalue weighted by molar-refractivity contribution is -0.212. The van der Waals surface area contributed by atoms with Gasteiger partial charge in [0.2, 0.25) is 0 Å². The van der Waals surface area contributed by atoms with Crippen LogP contribution < -0.4 is 4.90 Å². The SMILES string of the molecule is C[C@@H]1C[C@H]([C@@H](O)C(F)(F)F)N(c2ccc(C#N)c(C(F)(F)F)c2)C[C@@H]1C. The van der Waals surface area contributed by atoms with E-state index in [0.29, 0.717) is 6.07 Å². The average Bonchev–Trinajstić information content (AvgIpc) is 2.54. The zero-order chi connectivity index (χ0) is 19.9. The van der Waals surface area contributed by atoms with Crippen LogP contribution in [0.1, 0.15) is 31.4 Å². The number of hydrogen-bond donors (Lipinski definition) is 1. The summed E-state index contributed by atoms with van der Waals surface area (Å²) in [5.74, 6) is -0.203. The molecule has 0 spiro atoms. The first kappa shape index (κ1) is 20.4. The van der Waals surface area contributed by atoms with Crippen molar-refractivity contribution in [3.63, 3.8) is 0 Å². The quantitative estimate of drug-likeness (QED) is 0.776. The highest BCUT2D eigenvalue weighted by atomic mass is 19.4. The summed E-state index contributed by atoms with van der Waals surface area (Å²) in [5, 5.41) is 18.6. The van der Waals surface area contributed by atoms with Crippen molar-refractivity contribution in [3.8, 4) is 6.07 Å².